The predicted molar refractivity (Wildman–Crippen MR) is 87.1 cm³/mol. The molecule has 0 aliphatic heterocycles. The Kier molecular flexibility index (Phi) is 4.88. The molecule has 2 aromatic carbocycles. The number of oxazole rings is 1. The van der Waals surface area contributed by atoms with Gasteiger partial charge in [-0.1, -0.05) is 42.5 Å². The molecule has 1 amide bonds. The normalized spacial score (nSPS) is 12.1. The molecular formula is C18H10F6N2O2. The van der Waals surface area contributed by atoms with Crippen molar-refractivity contribution in [1.29, 1.82) is 0 Å². The first kappa shape index (κ1) is 19.5. The fraction of sp³-hybridized carbons (Fsp3) is 0.111. The number of nitrogens with one attached hydrogen (secondary N) is 1. The minimum absolute atomic E-state index is 0.231. The zero-order valence-electron chi connectivity index (χ0n) is 13.7. The van der Waals surface area contributed by atoms with E-state index < -0.39 is 41.2 Å². The highest BCUT2D eigenvalue weighted by Crippen LogP contribution is 2.40. The maximum Gasteiger partial charge on any atom is 0.471 e. The van der Waals surface area contributed by atoms with Crippen LogP contribution < -0.4 is 5.32 Å². The third-order valence-corrected chi connectivity index (χ3v) is 3.62. The minimum atomic E-state index is -5.22. The van der Waals surface area contributed by atoms with E-state index in [1.165, 1.54) is 23.5 Å². The lowest BCUT2D eigenvalue weighted by Crippen LogP contribution is -2.29. The second-order valence-corrected chi connectivity index (χ2v) is 5.56. The van der Waals surface area contributed by atoms with Gasteiger partial charge in [-0.3, -0.25) is 10.1 Å². The number of rotatable bonds is 3. The van der Waals surface area contributed by atoms with Gasteiger partial charge in [-0.15, -0.1) is 0 Å². The Hall–Kier alpha value is -3.30. The molecule has 0 aliphatic rings. The van der Waals surface area contributed by atoms with Gasteiger partial charge in [0.25, 0.3) is 0 Å². The minimum Gasteiger partial charge on any atom is -0.420 e. The Labute approximate surface area is 153 Å². The van der Waals surface area contributed by atoms with Crippen molar-refractivity contribution < 1.29 is 35.6 Å². The number of benzene rings is 2. The summed E-state index contributed by atoms with van der Waals surface area (Å²) in [6, 6.07) is 11.9. The summed E-state index contributed by atoms with van der Waals surface area (Å²) in [5.41, 5.74) is -1.53. The van der Waals surface area contributed by atoms with Crippen LogP contribution in [0.1, 0.15) is 5.56 Å². The molecule has 0 aliphatic carbocycles. The van der Waals surface area contributed by atoms with Crippen LogP contribution in [0.5, 0.6) is 0 Å². The maximum absolute atomic E-state index is 13.2. The smallest absolute Gasteiger partial charge is 0.420 e. The second kappa shape index (κ2) is 7.02. The lowest BCUT2D eigenvalue weighted by molar-refractivity contribution is -0.167. The fourth-order valence-electron chi connectivity index (χ4n) is 2.40. The molecule has 3 rings (SSSR count). The monoisotopic (exact) mass is 400 g/mol. The number of carbonyl (C=O) groups is 1. The van der Waals surface area contributed by atoms with E-state index in [2.05, 4.69) is 4.98 Å². The van der Waals surface area contributed by atoms with E-state index >= 15 is 0 Å². The standard InChI is InChI=1S/C18H10F6N2O2/c19-17(20,21)12-9-5-4-8-11(12)14-25-13(10-6-2-1-3-7-10)15(28-14)26-16(27)18(22,23)24/h1-9H,(H,26,27). The van der Waals surface area contributed by atoms with Crippen LogP contribution in [-0.4, -0.2) is 17.1 Å². The average molecular weight is 400 g/mol. The summed E-state index contributed by atoms with van der Waals surface area (Å²) in [4.78, 5) is 15.2. The number of amides is 1. The third-order valence-electron chi connectivity index (χ3n) is 3.62. The van der Waals surface area contributed by atoms with Crippen molar-refractivity contribution in [3.8, 4) is 22.7 Å². The van der Waals surface area contributed by atoms with E-state index in [-0.39, 0.29) is 11.3 Å². The number of carbonyl (C=O) groups excluding carboxylic acids is 1. The van der Waals surface area contributed by atoms with Crippen molar-refractivity contribution in [3.05, 3.63) is 60.2 Å². The van der Waals surface area contributed by atoms with Crippen molar-refractivity contribution in [2.45, 2.75) is 12.4 Å². The molecule has 4 nitrogen and oxygen atoms in total. The van der Waals surface area contributed by atoms with Crippen LogP contribution in [0.15, 0.2) is 59.0 Å². The van der Waals surface area contributed by atoms with Crippen LogP contribution >= 0.6 is 0 Å². The Bertz CT molecular complexity index is 993. The quantitative estimate of drug-likeness (QED) is 0.589. The van der Waals surface area contributed by atoms with Gasteiger partial charge in [0.1, 0.15) is 5.69 Å². The zero-order chi connectivity index (χ0) is 20.5. The van der Waals surface area contributed by atoms with Crippen molar-refractivity contribution in [2.75, 3.05) is 5.32 Å². The highest BCUT2D eigenvalue weighted by molar-refractivity contribution is 5.96. The first-order chi connectivity index (χ1) is 13.1. The van der Waals surface area contributed by atoms with Crippen LogP contribution in [0.25, 0.3) is 22.7 Å². The average Bonchev–Trinajstić information content (AvgIpc) is 3.04. The molecule has 1 heterocycles. The molecule has 0 bridgehead atoms. The highest BCUT2D eigenvalue weighted by atomic mass is 19.4. The van der Waals surface area contributed by atoms with Crippen molar-refractivity contribution in [3.63, 3.8) is 0 Å². The molecule has 146 valence electrons. The number of halogens is 6. The first-order valence-corrected chi connectivity index (χ1v) is 7.68. The van der Waals surface area contributed by atoms with E-state index in [9.17, 15) is 31.1 Å². The largest absolute Gasteiger partial charge is 0.471 e. The van der Waals surface area contributed by atoms with Gasteiger partial charge in [-0.25, -0.2) is 4.98 Å². The summed E-state index contributed by atoms with van der Waals surface area (Å²) in [5, 5.41) is 1.52. The van der Waals surface area contributed by atoms with E-state index in [1.54, 1.807) is 18.2 Å². The number of hydrogen-bond donors (Lipinski definition) is 1. The Morgan fingerprint density at radius 2 is 1.50 bits per heavy atom. The molecule has 0 unspecified atom stereocenters. The van der Waals surface area contributed by atoms with Crippen molar-refractivity contribution >= 4 is 11.8 Å². The molecule has 10 heteroatoms. The summed E-state index contributed by atoms with van der Waals surface area (Å²) < 4.78 is 82.6. The number of hydrogen-bond acceptors (Lipinski definition) is 3. The first-order valence-electron chi connectivity index (χ1n) is 7.68. The van der Waals surface area contributed by atoms with E-state index in [1.807, 2.05) is 0 Å². The molecule has 1 N–H and O–H groups in total. The van der Waals surface area contributed by atoms with Gasteiger partial charge < -0.3 is 4.42 Å². The molecule has 28 heavy (non-hydrogen) atoms. The van der Waals surface area contributed by atoms with Crippen LogP contribution in [0.3, 0.4) is 0 Å². The molecule has 0 fully saturated rings. The molecule has 0 saturated carbocycles. The summed E-state index contributed by atoms with van der Waals surface area (Å²) in [6.45, 7) is 0. The zero-order valence-corrected chi connectivity index (χ0v) is 13.7. The molecule has 0 spiro atoms. The van der Waals surface area contributed by atoms with Crippen molar-refractivity contribution in [2.24, 2.45) is 0 Å². The van der Waals surface area contributed by atoms with Crippen LogP contribution in [0.4, 0.5) is 32.2 Å². The lowest BCUT2D eigenvalue weighted by atomic mass is 10.1. The van der Waals surface area contributed by atoms with Crippen molar-refractivity contribution in [1.82, 2.24) is 4.98 Å². The number of alkyl halides is 6. The summed E-state index contributed by atoms with van der Waals surface area (Å²) in [6.07, 6.45) is -9.96. The van der Waals surface area contributed by atoms with Gasteiger partial charge in [0.05, 0.1) is 5.56 Å². The molecule has 1 aromatic heterocycles. The topological polar surface area (TPSA) is 55.1 Å². The van der Waals surface area contributed by atoms with Gasteiger partial charge in [0.15, 0.2) is 0 Å². The van der Waals surface area contributed by atoms with Gasteiger partial charge in [-0.2, -0.15) is 26.3 Å². The summed E-state index contributed by atoms with van der Waals surface area (Å²) in [7, 11) is 0. The van der Waals surface area contributed by atoms with E-state index in [0.717, 1.165) is 18.2 Å². The Morgan fingerprint density at radius 3 is 2.11 bits per heavy atom. The van der Waals surface area contributed by atoms with E-state index in [0.29, 0.717) is 0 Å². The van der Waals surface area contributed by atoms with Crippen LogP contribution in [0, 0.1) is 0 Å². The van der Waals surface area contributed by atoms with E-state index in [4.69, 9.17) is 4.42 Å². The third kappa shape index (κ3) is 4.00. The highest BCUT2D eigenvalue weighted by Gasteiger charge is 2.40. The Balaban J connectivity index is 2.15. The Morgan fingerprint density at radius 1 is 0.893 bits per heavy atom. The molecule has 0 atom stereocenters. The number of nitrogens with zero attached hydrogens (tertiary/aromatic N) is 1. The lowest BCUT2D eigenvalue weighted by Gasteiger charge is -2.09. The van der Waals surface area contributed by atoms with Gasteiger partial charge >= 0.3 is 18.3 Å². The maximum atomic E-state index is 13.2. The fourth-order valence-corrected chi connectivity index (χ4v) is 2.40. The number of aromatic nitrogens is 1. The van der Waals surface area contributed by atoms with Crippen LogP contribution in [-0.2, 0) is 11.0 Å². The molecule has 0 saturated heterocycles. The number of anilines is 1. The SMILES string of the molecule is O=C(Nc1oc(-c2ccccc2C(F)(F)F)nc1-c1ccccc1)C(F)(F)F. The van der Waals surface area contributed by atoms with Gasteiger partial charge in [-0.05, 0) is 12.1 Å². The molecule has 0 radical (unpaired) electrons. The summed E-state index contributed by atoms with van der Waals surface area (Å²) >= 11 is 0. The molecule has 3 aromatic rings. The van der Waals surface area contributed by atoms with Gasteiger partial charge in [0, 0.05) is 11.1 Å². The second-order valence-electron chi connectivity index (χ2n) is 5.56. The summed E-state index contributed by atoms with van der Waals surface area (Å²) in [5.74, 6) is -3.62. The van der Waals surface area contributed by atoms with Crippen LogP contribution in [0.2, 0.25) is 0 Å². The predicted octanol–water partition coefficient (Wildman–Crippen LogP) is 5.53. The van der Waals surface area contributed by atoms with Gasteiger partial charge in [0.2, 0.25) is 11.8 Å². The molecular weight excluding hydrogens is 390 g/mol.